The van der Waals surface area contributed by atoms with Gasteiger partial charge in [-0.25, -0.2) is 9.68 Å². The SMILES string of the molecule is Cc1cccc(NC(=O)OOOC(C)(C)C)c1. The van der Waals surface area contributed by atoms with Gasteiger partial charge in [-0.2, -0.15) is 4.89 Å². The van der Waals surface area contributed by atoms with Crippen LogP contribution in [0.3, 0.4) is 0 Å². The van der Waals surface area contributed by atoms with Gasteiger partial charge in [0.25, 0.3) is 0 Å². The van der Waals surface area contributed by atoms with Crippen LogP contribution in [0, 0.1) is 6.92 Å². The second kappa shape index (κ2) is 5.65. The smallest absolute Gasteiger partial charge is 0.289 e. The summed E-state index contributed by atoms with van der Waals surface area (Å²) in [6.45, 7) is 7.24. The topological polar surface area (TPSA) is 56.8 Å². The van der Waals surface area contributed by atoms with Crippen LogP contribution in [0.4, 0.5) is 10.5 Å². The Morgan fingerprint density at radius 2 is 2.00 bits per heavy atom. The van der Waals surface area contributed by atoms with Crippen LogP contribution in [0.1, 0.15) is 26.3 Å². The van der Waals surface area contributed by atoms with Crippen LogP contribution in [-0.2, 0) is 14.8 Å². The second-order valence-corrected chi connectivity index (χ2v) is 4.63. The Hall–Kier alpha value is -1.59. The van der Waals surface area contributed by atoms with Crippen molar-refractivity contribution in [3.05, 3.63) is 29.8 Å². The molecule has 5 nitrogen and oxygen atoms in total. The van der Waals surface area contributed by atoms with Crippen LogP contribution in [0.2, 0.25) is 0 Å². The predicted octanol–water partition coefficient (Wildman–Crippen LogP) is 3.21. The zero-order valence-electron chi connectivity index (χ0n) is 10.4. The summed E-state index contributed by atoms with van der Waals surface area (Å²) in [5, 5.41) is 6.85. The molecular formula is C12H17NO4. The molecule has 0 spiro atoms. The highest BCUT2D eigenvalue weighted by atomic mass is 17.5. The summed E-state index contributed by atoms with van der Waals surface area (Å²) >= 11 is 0. The fourth-order valence-electron chi connectivity index (χ4n) is 1.01. The number of hydrogen-bond acceptors (Lipinski definition) is 4. The van der Waals surface area contributed by atoms with Gasteiger partial charge in [-0.15, -0.1) is 0 Å². The zero-order valence-corrected chi connectivity index (χ0v) is 10.4. The number of benzene rings is 1. The largest absolute Gasteiger partial charge is 0.446 e. The fourth-order valence-corrected chi connectivity index (χ4v) is 1.01. The summed E-state index contributed by atoms with van der Waals surface area (Å²) < 4.78 is 0. The molecule has 1 aromatic carbocycles. The van der Waals surface area contributed by atoms with Gasteiger partial charge in [0, 0.05) is 5.69 Å². The van der Waals surface area contributed by atoms with E-state index in [2.05, 4.69) is 15.2 Å². The number of rotatable bonds is 3. The summed E-state index contributed by atoms with van der Waals surface area (Å²) in [6.07, 6.45) is -0.736. The van der Waals surface area contributed by atoms with E-state index in [0.29, 0.717) is 5.69 Å². The maximum atomic E-state index is 11.3. The summed E-state index contributed by atoms with van der Waals surface area (Å²) in [5.74, 6) is 0. The Kier molecular flexibility index (Phi) is 4.48. The molecule has 0 fully saturated rings. The fraction of sp³-hybridized carbons (Fsp3) is 0.417. The molecule has 0 saturated heterocycles. The lowest BCUT2D eigenvalue weighted by Crippen LogP contribution is -2.22. The minimum Gasteiger partial charge on any atom is -0.289 e. The molecule has 5 heteroatoms. The highest BCUT2D eigenvalue weighted by molar-refractivity contribution is 5.84. The first-order valence-corrected chi connectivity index (χ1v) is 5.27. The highest BCUT2D eigenvalue weighted by Crippen LogP contribution is 2.11. The quantitative estimate of drug-likeness (QED) is 0.650. The predicted molar refractivity (Wildman–Crippen MR) is 63.2 cm³/mol. The van der Waals surface area contributed by atoms with Gasteiger partial charge in [0.05, 0.1) is 5.60 Å². The average Bonchev–Trinajstić information content (AvgIpc) is 2.15. The van der Waals surface area contributed by atoms with E-state index in [-0.39, 0.29) is 0 Å². The lowest BCUT2D eigenvalue weighted by atomic mass is 10.2. The first kappa shape index (κ1) is 13.5. The molecule has 0 saturated carbocycles. The van der Waals surface area contributed by atoms with Gasteiger partial charge in [0.1, 0.15) is 0 Å². The van der Waals surface area contributed by atoms with Crippen molar-refractivity contribution in [2.24, 2.45) is 0 Å². The van der Waals surface area contributed by atoms with E-state index in [1.807, 2.05) is 25.1 Å². The molecular weight excluding hydrogens is 222 g/mol. The van der Waals surface area contributed by atoms with Gasteiger partial charge in [0.2, 0.25) is 0 Å². The summed E-state index contributed by atoms with van der Waals surface area (Å²) in [7, 11) is 0. The molecule has 0 radical (unpaired) electrons. The third kappa shape index (κ3) is 5.89. The normalized spacial score (nSPS) is 11.1. The summed E-state index contributed by atoms with van der Waals surface area (Å²) in [5.41, 5.74) is 1.13. The number of carbonyl (C=O) groups is 1. The minimum absolute atomic E-state index is 0.538. The standard InChI is InChI=1S/C12H17NO4/c1-9-6-5-7-10(8-9)13-11(14)15-17-16-12(2,3)4/h5-8H,1-4H3,(H,13,14). The summed E-state index contributed by atoms with van der Waals surface area (Å²) in [4.78, 5) is 20.4. The van der Waals surface area contributed by atoms with Crippen molar-refractivity contribution in [2.75, 3.05) is 5.32 Å². The van der Waals surface area contributed by atoms with Crippen molar-refractivity contribution in [2.45, 2.75) is 33.3 Å². The molecule has 0 aliphatic rings. The maximum absolute atomic E-state index is 11.3. The first-order valence-electron chi connectivity index (χ1n) is 5.27. The van der Waals surface area contributed by atoms with Gasteiger partial charge in [-0.1, -0.05) is 12.1 Å². The Labute approximate surface area is 101 Å². The molecule has 1 aromatic rings. The third-order valence-corrected chi connectivity index (χ3v) is 1.66. The number of anilines is 1. The molecule has 0 bridgehead atoms. The van der Waals surface area contributed by atoms with Gasteiger partial charge >= 0.3 is 6.09 Å². The molecule has 0 aromatic heterocycles. The van der Waals surface area contributed by atoms with Gasteiger partial charge < -0.3 is 0 Å². The summed E-state index contributed by atoms with van der Waals surface area (Å²) in [6, 6.07) is 7.32. The number of amides is 1. The van der Waals surface area contributed by atoms with E-state index >= 15 is 0 Å². The molecule has 1 rings (SSSR count). The second-order valence-electron chi connectivity index (χ2n) is 4.63. The van der Waals surface area contributed by atoms with E-state index < -0.39 is 11.7 Å². The van der Waals surface area contributed by atoms with Crippen molar-refractivity contribution in [3.63, 3.8) is 0 Å². The van der Waals surface area contributed by atoms with Crippen molar-refractivity contribution in [1.29, 1.82) is 0 Å². The van der Waals surface area contributed by atoms with Crippen LogP contribution in [0.5, 0.6) is 0 Å². The zero-order chi connectivity index (χ0) is 12.9. The van der Waals surface area contributed by atoms with E-state index in [0.717, 1.165) is 5.56 Å². The van der Waals surface area contributed by atoms with E-state index in [4.69, 9.17) is 4.89 Å². The number of nitrogens with one attached hydrogen (secondary N) is 1. The molecule has 94 valence electrons. The molecule has 0 aliphatic carbocycles. The highest BCUT2D eigenvalue weighted by Gasteiger charge is 2.14. The van der Waals surface area contributed by atoms with Crippen LogP contribution in [0.15, 0.2) is 24.3 Å². The number of hydrogen-bond donors (Lipinski definition) is 1. The average molecular weight is 239 g/mol. The van der Waals surface area contributed by atoms with Crippen LogP contribution < -0.4 is 5.32 Å². The van der Waals surface area contributed by atoms with Crippen molar-refractivity contribution >= 4 is 11.8 Å². The lowest BCUT2D eigenvalue weighted by molar-refractivity contribution is -0.509. The van der Waals surface area contributed by atoms with Crippen molar-refractivity contribution < 1.29 is 19.6 Å². The van der Waals surface area contributed by atoms with E-state index in [9.17, 15) is 4.79 Å². The molecule has 0 atom stereocenters. The number of aryl methyl sites for hydroxylation is 1. The van der Waals surface area contributed by atoms with Gasteiger partial charge in [-0.05, 0) is 50.4 Å². The monoisotopic (exact) mass is 239 g/mol. The molecule has 0 unspecified atom stereocenters. The third-order valence-electron chi connectivity index (χ3n) is 1.66. The Bertz CT molecular complexity index is 384. The molecule has 0 aliphatic heterocycles. The molecule has 0 heterocycles. The Balaban J connectivity index is 2.35. The van der Waals surface area contributed by atoms with Crippen LogP contribution in [-0.4, -0.2) is 11.7 Å². The molecule has 1 N–H and O–H groups in total. The van der Waals surface area contributed by atoms with Crippen molar-refractivity contribution in [3.8, 4) is 0 Å². The van der Waals surface area contributed by atoms with Gasteiger partial charge in [-0.3, -0.25) is 5.32 Å². The molecule has 1 amide bonds. The van der Waals surface area contributed by atoms with E-state index in [1.165, 1.54) is 0 Å². The number of carbonyl (C=O) groups excluding carboxylic acids is 1. The minimum atomic E-state index is -0.736. The van der Waals surface area contributed by atoms with Crippen LogP contribution in [0.25, 0.3) is 0 Å². The van der Waals surface area contributed by atoms with Gasteiger partial charge in [0.15, 0.2) is 0 Å². The van der Waals surface area contributed by atoms with Crippen LogP contribution >= 0.6 is 0 Å². The first-order chi connectivity index (χ1) is 7.87. The Morgan fingerprint density at radius 1 is 1.29 bits per heavy atom. The molecule has 17 heavy (non-hydrogen) atoms. The Morgan fingerprint density at radius 3 is 2.59 bits per heavy atom. The lowest BCUT2D eigenvalue weighted by Gasteiger charge is -2.15. The maximum Gasteiger partial charge on any atom is 0.446 e. The van der Waals surface area contributed by atoms with E-state index in [1.54, 1.807) is 26.8 Å². The van der Waals surface area contributed by atoms with Crippen molar-refractivity contribution in [1.82, 2.24) is 0 Å².